The molecule has 0 saturated carbocycles. The van der Waals surface area contributed by atoms with Gasteiger partial charge in [0.25, 0.3) is 0 Å². The van der Waals surface area contributed by atoms with E-state index in [9.17, 15) is 0 Å². The average Bonchev–Trinajstić information content (AvgIpc) is 2.42. The van der Waals surface area contributed by atoms with Crippen molar-refractivity contribution in [2.24, 2.45) is 0 Å². The normalized spacial score (nSPS) is 14.2. The Bertz CT molecular complexity index is 324. The topological polar surface area (TPSA) is 30.5 Å². The van der Waals surface area contributed by atoms with Gasteiger partial charge in [-0.15, -0.1) is 0 Å². The van der Waals surface area contributed by atoms with E-state index in [4.69, 9.17) is 9.47 Å². The maximum Gasteiger partial charge on any atom is 0.118 e. The molecule has 0 spiro atoms. The Labute approximate surface area is 110 Å². The van der Waals surface area contributed by atoms with Crippen LogP contribution in [0.3, 0.4) is 0 Å². The molecule has 2 atom stereocenters. The fourth-order valence-corrected chi connectivity index (χ4v) is 1.53. The first-order chi connectivity index (χ1) is 8.65. The summed E-state index contributed by atoms with van der Waals surface area (Å²) >= 11 is 0. The lowest BCUT2D eigenvalue weighted by Gasteiger charge is -2.17. The van der Waals surface area contributed by atoms with Crippen molar-refractivity contribution in [3.05, 3.63) is 29.8 Å². The van der Waals surface area contributed by atoms with E-state index in [1.54, 1.807) is 7.11 Å². The van der Waals surface area contributed by atoms with Gasteiger partial charge in [0, 0.05) is 12.6 Å². The predicted molar refractivity (Wildman–Crippen MR) is 75.0 cm³/mol. The molecule has 0 amide bonds. The summed E-state index contributed by atoms with van der Waals surface area (Å²) in [5, 5.41) is 3.44. The highest BCUT2D eigenvalue weighted by Crippen LogP contribution is 2.12. The minimum absolute atomic E-state index is 0.223. The summed E-state index contributed by atoms with van der Waals surface area (Å²) in [5.41, 5.74) is 1.17. The second-order valence-corrected chi connectivity index (χ2v) is 4.69. The lowest BCUT2D eigenvalue weighted by atomic mass is 10.2. The third-order valence-corrected chi connectivity index (χ3v) is 3.06. The zero-order chi connectivity index (χ0) is 13.4. The van der Waals surface area contributed by atoms with E-state index in [2.05, 4.69) is 26.1 Å². The van der Waals surface area contributed by atoms with Crippen molar-refractivity contribution >= 4 is 0 Å². The summed E-state index contributed by atoms with van der Waals surface area (Å²) < 4.78 is 10.9. The first-order valence-corrected chi connectivity index (χ1v) is 6.63. The van der Waals surface area contributed by atoms with Crippen molar-refractivity contribution in [1.82, 2.24) is 5.32 Å². The van der Waals surface area contributed by atoms with Gasteiger partial charge in [-0.3, -0.25) is 0 Å². The third kappa shape index (κ3) is 5.52. The van der Waals surface area contributed by atoms with Gasteiger partial charge in [0.15, 0.2) is 0 Å². The maximum atomic E-state index is 5.79. The lowest BCUT2D eigenvalue weighted by molar-refractivity contribution is 0.0516. The molecule has 0 saturated heterocycles. The highest BCUT2D eigenvalue weighted by Gasteiger charge is 2.05. The van der Waals surface area contributed by atoms with Crippen molar-refractivity contribution in [1.29, 1.82) is 0 Å². The molecular weight excluding hydrogens is 226 g/mol. The van der Waals surface area contributed by atoms with Gasteiger partial charge in [-0.25, -0.2) is 0 Å². The number of ether oxygens (including phenoxy) is 2. The van der Waals surface area contributed by atoms with Crippen LogP contribution >= 0.6 is 0 Å². The van der Waals surface area contributed by atoms with Crippen molar-refractivity contribution < 1.29 is 9.47 Å². The Balaban J connectivity index is 2.26. The number of hydrogen-bond donors (Lipinski definition) is 1. The Hall–Kier alpha value is -1.06. The Morgan fingerprint density at radius 3 is 2.39 bits per heavy atom. The smallest absolute Gasteiger partial charge is 0.118 e. The molecule has 0 aliphatic heterocycles. The van der Waals surface area contributed by atoms with Crippen LogP contribution in [-0.2, 0) is 11.3 Å². The number of hydrogen-bond acceptors (Lipinski definition) is 3. The van der Waals surface area contributed by atoms with Crippen molar-refractivity contribution in [2.75, 3.05) is 13.7 Å². The van der Waals surface area contributed by atoms with Gasteiger partial charge in [0.1, 0.15) is 5.75 Å². The van der Waals surface area contributed by atoms with Gasteiger partial charge in [0.05, 0.1) is 19.8 Å². The van der Waals surface area contributed by atoms with E-state index < -0.39 is 0 Å². The van der Waals surface area contributed by atoms with Gasteiger partial charge in [-0.2, -0.15) is 0 Å². The Morgan fingerprint density at radius 2 is 1.83 bits per heavy atom. The van der Waals surface area contributed by atoms with E-state index >= 15 is 0 Å². The van der Waals surface area contributed by atoms with E-state index in [1.807, 2.05) is 24.3 Å². The van der Waals surface area contributed by atoms with E-state index in [0.717, 1.165) is 18.7 Å². The number of rotatable bonds is 8. The van der Waals surface area contributed by atoms with E-state index in [-0.39, 0.29) is 6.10 Å². The second-order valence-electron chi connectivity index (χ2n) is 4.69. The minimum atomic E-state index is 0.223. The predicted octanol–water partition coefficient (Wildman–Crippen LogP) is 2.99. The molecule has 1 rings (SSSR count). The monoisotopic (exact) mass is 251 g/mol. The molecule has 0 fully saturated rings. The van der Waals surface area contributed by atoms with Gasteiger partial charge in [-0.1, -0.05) is 19.1 Å². The van der Waals surface area contributed by atoms with Crippen LogP contribution in [0, 0.1) is 0 Å². The number of nitrogens with one attached hydrogen (secondary N) is 1. The van der Waals surface area contributed by atoms with Crippen molar-refractivity contribution in [3.8, 4) is 5.75 Å². The van der Waals surface area contributed by atoms with Crippen LogP contribution in [0.5, 0.6) is 5.75 Å². The summed E-state index contributed by atoms with van der Waals surface area (Å²) in [7, 11) is 1.67. The van der Waals surface area contributed by atoms with Gasteiger partial charge >= 0.3 is 0 Å². The molecule has 102 valence electrons. The minimum Gasteiger partial charge on any atom is -0.497 e. The molecule has 0 heterocycles. The maximum absolute atomic E-state index is 5.79. The molecule has 1 N–H and O–H groups in total. The summed E-state index contributed by atoms with van der Waals surface area (Å²) in [4.78, 5) is 0. The van der Waals surface area contributed by atoms with Crippen LogP contribution in [0.2, 0.25) is 0 Å². The molecule has 0 bridgehead atoms. The summed E-state index contributed by atoms with van der Waals surface area (Å²) in [6.45, 7) is 8.01. The lowest BCUT2D eigenvalue weighted by Crippen LogP contribution is -2.33. The first-order valence-electron chi connectivity index (χ1n) is 6.63. The standard InChI is InChI=1S/C15H25NO2/c1-5-12(2)16-10-13(3)18-11-14-6-8-15(17-4)9-7-14/h6-9,12-13,16H,5,10-11H2,1-4H3. The van der Waals surface area contributed by atoms with Gasteiger partial charge < -0.3 is 14.8 Å². The van der Waals surface area contributed by atoms with Crippen LogP contribution < -0.4 is 10.1 Å². The summed E-state index contributed by atoms with van der Waals surface area (Å²) in [5.74, 6) is 0.880. The number of methoxy groups -OCH3 is 1. The first kappa shape index (κ1) is 15.0. The SMILES string of the molecule is CCC(C)NCC(C)OCc1ccc(OC)cc1. The molecule has 2 unspecified atom stereocenters. The fourth-order valence-electron chi connectivity index (χ4n) is 1.53. The summed E-state index contributed by atoms with van der Waals surface area (Å²) in [6.07, 6.45) is 1.37. The Morgan fingerprint density at radius 1 is 1.17 bits per heavy atom. The van der Waals surface area contributed by atoms with E-state index in [0.29, 0.717) is 12.6 Å². The zero-order valence-corrected chi connectivity index (χ0v) is 11.9. The molecule has 0 radical (unpaired) electrons. The molecule has 3 nitrogen and oxygen atoms in total. The van der Waals surface area contributed by atoms with Crippen LogP contribution in [0.1, 0.15) is 32.8 Å². The van der Waals surface area contributed by atoms with Gasteiger partial charge in [0.2, 0.25) is 0 Å². The van der Waals surface area contributed by atoms with Crippen LogP contribution in [0.15, 0.2) is 24.3 Å². The molecule has 1 aromatic rings. The number of benzene rings is 1. The van der Waals surface area contributed by atoms with Crippen molar-refractivity contribution in [3.63, 3.8) is 0 Å². The highest BCUT2D eigenvalue weighted by atomic mass is 16.5. The second kappa shape index (κ2) is 8.11. The van der Waals surface area contributed by atoms with Crippen LogP contribution in [0.4, 0.5) is 0 Å². The Kier molecular flexibility index (Phi) is 6.76. The van der Waals surface area contributed by atoms with Crippen LogP contribution in [0.25, 0.3) is 0 Å². The largest absolute Gasteiger partial charge is 0.497 e. The summed E-state index contributed by atoms with van der Waals surface area (Å²) in [6, 6.07) is 8.54. The van der Waals surface area contributed by atoms with Crippen molar-refractivity contribution in [2.45, 2.75) is 45.9 Å². The zero-order valence-electron chi connectivity index (χ0n) is 11.9. The average molecular weight is 251 g/mol. The molecule has 0 aromatic heterocycles. The molecular formula is C15H25NO2. The molecule has 1 aromatic carbocycles. The molecule has 18 heavy (non-hydrogen) atoms. The third-order valence-electron chi connectivity index (χ3n) is 3.06. The molecule has 3 heteroatoms. The highest BCUT2D eigenvalue weighted by molar-refractivity contribution is 5.26. The van der Waals surface area contributed by atoms with Gasteiger partial charge in [-0.05, 0) is 38.0 Å². The quantitative estimate of drug-likeness (QED) is 0.770. The molecule has 0 aliphatic rings. The van der Waals surface area contributed by atoms with Crippen LogP contribution in [-0.4, -0.2) is 25.8 Å². The van der Waals surface area contributed by atoms with E-state index in [1.165, 1.54) is 5.56 Å². The fraction of sp³-hybridized carbons (Fsp3) is 0.600. The molecule has 0 aliphatic carbocycles.